The van der Waals surface area contributed by atoms with Crippen LogP contribution in [0.3, 0.4) is 0 Å². The number of hydrogen-bond donors (Lipinski definition) is 1. The zero-order chi connectivity index (χ0) is 10.1. The predicted octanol–water partition coefficient (Wildman–Crippen LogP) is 0.0843. The molecule has 72 valence electrons. The molecule has 0 atom stereocenters. The normalized spacial score (nSPS) is 13.6. The van der Waals surface area contributed by atoms with E-state index in [1.54, 1.807) is 6.07 Å². The van der Waals surface area contributed by atoms with Crippen molar-refractivity contribution in [3.8, 4) is 0 Å². The second kappa shape index (κ2) is 3.21. The molecular weight excluding hydrogens is 185 g/mol. The van der Waals surface area contributed by atoms with Crippen LogP contribution in [0.25, 0.3) is 5.57 Å². The molecule has 0 radical (unpaired) electrons. The number of hydrogen-bond acceptors (Lipinski definition) is 2. The summed E-state index contributed by atoms with van der Waals surface area (Å²) in [5, 5.41) is 9.93. The van der Waals surface area contributed by atoms with Crippen molar-refractivity contribution in [2.75, 3.05) is 6.54 Å². The van der Waals surface area contributed by atoms with Gasteiger partial charge in [-0.25, -0.2) is 4.39 Å². The number of halogens is 1. The van der Waals surface area contributed by atoms with Crippen molar-refractivity contribution in [2.45, 2.75) is 6.42 Å². The Hall–Kier alpha value is -1.71. The van der Waals surface area contributed by atoms with Crippen LogP contribution in [0.2, 0.25) is 0 Å². The summed E-state index contributed by atoms with van der Waals surface area (Å²) < 4.78 is 12.8. The predicted molar refractivity (Wildman–Crippen MR) is 47.7 cm³/mol. The van der Waals surface area contributed by atoms with Crippen LogP contribution in [0, 0.1) is 5.82 Å². The van der Waals surface area contributed by atoms with Crippen molar-refractivity contribution >= 4 is 11.5 Å². The smallest absolute Gasteiger partial charge is 0.307 e. The van der Waals surface area contributed by atoms with Gasteiger partial charge in [-0.2, -0.15) is 0 Å². The first-order valence-corrected chi connectivity index (χ1v) is 4.21. The minimum absolute atomic E-state index is 0.0257. The number of carboxylic acids is 1. The van der Waals surface area contributed by atoms with E-state index in [0.29, 0.717) is 11.9 Å². The van der Waals surface area contributed by atoms with Crippen LogP contribution < -0.4 is 10.6 Å². The molecule has 1 aliphatic rings. The van der Waals surface area contributed by atoms with Gasteiger partial charge in [-0.15, -0.1) is 0 Å². The lowest BCUT2D eigenvalue weighted by Crippen LogP contribution is -2.23. The quantitative estimate of drug-likeness (QED) is 0.723. The fourth-order valence-electron chi connectivity index (χ4n) is 1.53. The molecule has 3 nitrogen and oxygen atoms in total. The lowest BCUT2D eigenvalue weighted by atomic mass is 10.1. The summed E-state index contributed by atoms with van der Waals surface area (Å²) in [6, 6.07) is 4.23. The number of aliphatic carboxylic acids is 1. The third-order valence-corrected chi connectivity index (χ3v) is 2.15. The molecule has 2 rings (SSSR count). The van der Waals surface area contributed by atoms with Gasteiger partial charge in [-0.3, -0.25) is 9.79 Å². The molecule has 0 saturated carbocycles. The van der Waals surface area contributed by atoms with E-state index in [4.69, 9.17) is 5.11 Å². The lowest BCUT2D eigenvalue weighted by Gasteiger charge is -1.94. The molecule has 0 aromatic heterocycles. The zero-order valence-electron chi connectivity index (χ0n) is 7.33. The first-order chi connectivity index (χ1) is 6.66. The van der Waals surface area contributed by atoms with Crippen molar-refractivity contribution in [2.24, 2.45) is 4.99 Å². The number of carbonyl (C=O) groups is 1. The van der Waals surface area contributed by atoms with Crippen LogP contribution in [0.15, 0.2) is 23.2 Å². The Morgan fingerprint density at radius 3 is 3.07 bits per heavy atom. The van der Waals surface area contributed by atoms with Crippen molar-refractivity contribution < 1.29 is 14.3 Å². The number of carboxylic acid groups (broad SMARTS) is 1. The molecule has 0 unspecified atom stereocenters. The van der Waals surface area contributed by atoms with Crippen molar-refractivity contribution in [1.29, 1.82) is 0 Å². The van der Waals surface area contributed by atoms with Crippen molar-refractivity contribution in [3.05, 3.63) is 34.6 Å². The third kappa shape index (κ3) is 1.51. The summed E-state index contributed by atoms with van der Waals surface area (Å²) in [7, 11) is 0. The summed E-state index contributed by atoms with van der Waals surface area (Å²) in [4.78, 5) is 14.5. The van der Waals surface area contributed by atoms with E-state index in [0.717, 1.165) is 10.8 Å². The van der Waals surface area contributed by atoms with Gasteiger partial charge in [0, 0.05) is 5.22 Å². The summed E-state index contributed by atoms with van der Waals surface area (Å²) in [6.45, 7) is 0.366. The Morgan fingerprint density at radius 2 is 2.36 bits per heavy atom. The molecule has 0 spiro atoms. The fraction of sp³-hybridized carbons (Fsp3) is 0.200. The van der Waals surface area contributed by atoms with Gasteiger partial charge in [0.2, 0.25) is 0 Å². The summed E-state index contributed by atoms with van der Waals surface area (Å²) in [5.74, 6) is -1.23. The molecule has 1 aliphatic heterocycles. The number of nitrogens with zero attached hydrogens (tertiary/aromatic N) is 1. The highest BCUT2D eigenvalue weighted by Gasteiger charge is 2.10. The molecule has 1 aromatic carbocycles. The number of fused-ring (bicyclic) bond motifs is 1. The highest BCUT2D eigenvalue weighted by atomic mass is 19.1. The minimum atomic E-state index is -0.882. The molecular formula is C10H8FNO2. The highest BCUT2D eigenvalue weighted by Crippen LogP contribution is 2.03. The van der Waals surface area contributed by atoms with Crippen LogP contribution >= 0.6 is 0 Å². The minimum Gasteiger partial charge on any atom is -0.481 e. The molecule has 14 heavy (non-hydrogen) atoms. The Kier molecular flexibility index (Phi) is 2.04. The molecule has 1 N–H and O–H groups in total. The van der Waals surface area contributed by atoms with Gasteiger partial charge < -0.3 is 5.11 Å². The SMILES string of the molecule is O=C(O)CC1=c2ccc(F)cc2=NC1. The van der Waals surface area contributed by atoms with Crippen molar-refractivity contribution in [1.82, 2.24) is 0 Å². The Bertz CT molecular complexity index is 507. The maximum Gasteiger partial charge on any atom is 0.307 e. The number of benzene rings is 1. The molecule has 0 fully saturated rings. The Labute approximate surface area is 79.2 Å². The topological polar surface area (TPSA) is 49.7 Å². The van der Waals surface area contributed by atoms with E-state index in [2.05, 4.69) is 4.99 Å². The monoisotopic (exact) mass is 193 g/mol. The van der Waals surface area contributed by atoms with Crippen LogP contribution in [0.1, 0.15) is 6.42 Å². The van der Waals surface area contributed by atoms with Gasteiger partial charge in [-0.05, 0) is 23.8 Å². The van der Waals surface area contributed by atoms with Gasteiger partial charge in [0.05, 0.1) is 18.3 Å². The molecule has 1 aromatic rings. The van der Waals surface area contributed by atoms with Crippen LogP contribution in [0.5, 0.6) is 0 Å². The summed E-state index contributed by atoms with van der Waals surface area (Å²) >= 11 is 0. The van der Waals surface area contributed by atoms with Gasteiger partial charge in [0.1, 0.15) is 5.82 Å². The van der Waals surface area contributed by atoms with Crippen LogP contribution in [-0.2, 0) is 4.79 Å². The van der Waals surface area contributed by atoms with E-state index in [-0.39, 0.29) is 12.2 Å². The first kappa shape index (κ1) is 8.87. The average Bonchev–Trinajstić information content (AvgIpc) is 2.47. The van der Waals surface area contributed by atoms with E-state index in [1.807, 2.05) is 0 Å². The first-order valence-electron chi connectivity index (χ1n) is 4.21. The molecule has 0 amide bonds. The zero-order valence-corrected chi connectivity index (χ0v) is 7.33. The lowest BCUT2D eigenvalue weighted by molar-refractivity contribution is -0.135. The summed E-state index contributed by atoms with van der Waals surface area (Å²) in [5.41, 5.74) is 0.743. The van der Waals surface area contributed by atoms with E-state index in [9.17, 15) is 9.18 Å². The summed E-state index contributed by atoms with van der Waals surface area (Å²) in [6.07, 6.45) is -0.0257. The largest absolute Gasteiger partial charge is 0.481 e. The Morgan fingerprint density at radius 1 is 1.57 bits per heavy atom. The maximum absolute atomic E-state index is 12.8. The molecule has 1 heterocycles. The van der Waals surface area contributed by atoms with Crippen molar-refractivity contribution in [3.63, 3.8) is 0 Å². The van der Waals surface area contributed by atoms with Gasteiger partial charge in [0.25, 0.3) is 0 Å². The fourth-order valence-corrected chi connectivity index (χ4v) is 1.53. The van der Waals surface area contributed by atoms with E-state index >= 15 is 0 Å². The average molecular weight is 193 g/mol. The standard InChI is InChI=1S/C10H8FNO2/c11-7-1-2-8-6(3-10(13)14)5-12-9(8)4-7/h1-2,4H,3,5H2,(H,13,14). The molecule has 0 aliphatic carbocycles. The van der Waals surface area contributed by atoms with Gasteiger partial charge in [-0.1, -0.05) is 0 Å². The molecule has 4 heteroatoms. The Balaban J connectivity index is 2.56. The van der Waals surface area contributed by atoms with E-state index in [1.165, 1.54) is 12.1 Å². The molecule has 0 saturated heterocycles. The molecule has 0 bridgehead atoms. The maximum atomic E-state index is 12.8. The third-order valence-electron chi connectivity index (χ3n) is 2.15. The van der Waals surface area contributed by atoms with E-state index < -0.39 is 5.97 Å². The number of rotatable bonds is 2. The van der Waals surface area contributed by atoms with Gasteiger partial charge in [0.15, 0.2) is 0 Å². The van der Waals surface area contributed by atoms with Crippen LogP contribution in [-0.4, -0.2) is 17.6 Å². The van der Waals surface area contributed by atoms with Crippen LogP contribution in [0.4, 0.5) is 4.39 Å². The van der Waals surface area contributed by atoms with Gasteiger partial charge >= 0.3 is 5.97 Å². The second-order valence-corrected chi connectivity index (χ2v) is 3.15. The second-order valence-electron chi connectivity index (χ2n) is 3.15. The highest BCUT2D eigenvalue weighted by molar-refractivity contribution is 5.78.